The molecule has 1 amide bonds. The van der Waals surface area contributed by atoms with Gasteiger partial charge in [-0.1, -0.05) is 22.9 Å². The zero-order chi connectivity index (χ0) is 16.2. The van der Waals surface area contributed by atoms with Gasteiger partial charge < -0.3 is 4.74 Å². The molecule has 0 saturated heterocycles. The number of benzene rings is 1. The second-order valence-electron chi connectivity index (χ2n) is 4.45. The van der Waals surface area contributed by atoms with E-state index in [1.54, 1.807) is 13.2 Å². The first-order chi connectivity index (χ1) is 11.2. The van der Waals surface area contributed by atoms with Crippen LogP contribution in [0.1, 0.15) is 10.4 Å². The third-order valence-corrected chi connectivity index (χ3v) is 4.19. The Balaban J connectivity index is 1.76. The van der Waals surface area contributed by atoms with Crippen LogP contribution in [-0.2, 0) is 0 Å². The Bertz CT molecular complexity index is 836. The van der Waals surface area contributed by atoms with Crippen molar-refractivity contribution in [2.24, 2.45) is 0 Å². The maximum atomic E-state index is 12.2. The monoisotopic (exact) mass is 346 g/mol. The van der Waals surface area contributed by atoms with Gasteiger partial charge in [-0.15, -0.1) is 10.2 Å². The van der Waals surface area contributed by atoms with E-state index in [2.05, 4.69) is 20.5 Å². The summed E-state index contributed by atoms with van der Waals surface area (Å²) in [6.07, 6.45) is 2.92. The van der Waals surface area contributed by atoms with E-state index in [0.29, 0.717) is 15.7 Å². The number of pyridine rings is 1. The van der Waals surface area contributed by atoms with Gasteiger partial charge >= 0.3 is 0 Å². The van der Waals surface area contributed by atoms with Gasteiger partial charge in [0.25, 0.3) is 5.91 Å². The van der Waals surface area contributed by atoms with Crippen LogP contribution in [0.3, 0.4) is 0 Å². The van der Waals surface area contributed by atoms with Gasteiger partial charge in [0.2, 0.25) is 5.13 Å². The molecule has 0 aliphatic carbocycles. The molecule has 23 heavy (non-hydrogen) atoms. The molecular formula is C15H11ClN4O2S. The van der Waals surface area contributed by atoms with Crippen LogP contribution in [0.4, 0.5) is 5.13 Å². The highest BCUT2D eigenvalue weighted by Crippen LogP contribution is 2.28. The Morgan fingerprint density at radius 1 is 1.22 bits per heavy atom. The highest BCUT2D eigenvalue weighted by atomic mass is 35.5. The standard InChI is InChI=1S/C15H11ClN4O2S/c1-22-10-4-2-9(3-5-10)14-19-20-15(23-14)18-13(21)11-6-7-17-8-12(11)16/h2-8H,1H3,(H,18,20,21). The third kappa shape index (κ3) is 3.46. The lowest BCUT2D eigenvalue weighted by atomic mass is 10.2. The minimum atomic E-state index is -0.352. The molecule has 2 heterocycles. The number of methoxy groups -OCH3 is 1. The average molecular weight is 347 g/mol. The Morgan fingerprint density at radius 3 is 2.70 bits per heavy atom. The van der Waals surface area contributed by atoms with E-state index in [1.165, 1.54) is 23.7 Å². The summed E-state index contributed by atoms with van der Waals surface area (Å²) in [6.45, 7) is 0. The Kier molecular flexibility index (Phi) is 4.50. The highest BCUT2D eigenvalue weighted by Gasteiger charge is 2.13. The summed E-state index contributed by atoms with van der Waals surface area (Å²) in [5, 5.41) is 12.1. The van der Waals surface area contributed by atoms with E-state index in [-0.39, 0.29) is 10.9 Å². The summed E-state index contributed by atoms with van der Waals surface area (Å²) >= 11 is 7.22. The van der Waals surface area contributed by atoms with Crippen molar-refractivity contribution < 1.29 is 9.53 Å². The van der Waals surface area contributed by atoms with E-state index in [0.717, 1.165) is 11.3 Å². The van der Waals surface area contributed by atoms with Crippen molar-refractivity contribution in [2.75, 3.05) is 12.4 Å². The number of nitrogens with one attached hydrogen (secondary N) is 1. The Hall–Kier alpha value is -2.51. The fourth-order valence-electron chi connectivity index (χ4n) is 1.85. The zero-order valence-corrected chi connectivity index (χ0v) is 13.6. The minimum absolute atomic E-state index is 0.282. The molecule has 0 unspecified atom stereocenters. The number of carbonyl (C=O) groups excluding carboxylic acids is 1. The predicted molar refractivity (Wildman–Crippen MR) is 89.1 cm³/mol. The van der Waals surface area contributed by atoms with Gasteiger partial charge in [-0.3, -0.25) is 15.1 Å². The minimum Gasteiger partial charge on any atom is -0.497 e. The van der Waals surface area contributed by atoms with Gasteiger partial charge in [0.15, 0.2) is 0 Å². The molecule has 0 radical (unpaired) electrons. The normalized spacial score (nSPS) is 10.3. The molecule has 116 valence electrons. The van der Waals surface area contributed by atoms with Crippen molar-refractivity contribution in [1.82, 2.24) is 15.2 Å². The number of hydrogen-bond acceptors (Lipinski definition) is 6. The predicted octanol–water partition coefficient (Wildman–Crippen LogP) is 3.51. The molecule has 1 aromatic carbocycles. The van der Waals surface area contributed by atoms with E-state index >= 15 is 0 Å². The van der Waals surface area contributed by atoms with Crippen LogP contribution in [0.2, 0.25) is 5.02 Å². The fourth-order valence-corrected chi connectivity index (χ4v) is 2.80. The summed E-state index contributed by atoms with van der Waals surface area (Å²) < 4.78 is 5.12. The number of amides is 1. The van der Waals surface area contributed by atoms with Crippen LogP contribution in [0, 0.1) is 0 Å². The molecule has 1 N–H and O–H groups in total. The summed E-state index contributed by atoms with van der Waals surface area (Å²) in [5.74, 6) is 0.411. The summed E-state index contributed by atoms with van der Waals surface area (Å²) in [6, 6.07) is 8.98. The van der Waals surface area contributed by atoms with Crippen molar-refractivity contribution in [1.29, 1.82) is 0 Å². The second kappa shape index (κ2) is 6.72. The molecule has 3 rings (SSSR count). The second-order valence-corrected chi connectivity index (χ2v) is 5.84. The molecular weight excluding hydrogens is 336 g/mol. The van der Waals surface area contributed by atoms with Gasteiger partial charge in [0.05, 0.1) is 17.7 Å². The quantitative estimate of drug-likeness (QED) is 0.782. The van der Waals surface area contributed by atoms with Gasteiger partial charge in [-0.2, -0.15) is 0 Å². The lowest BCUT2D eigenvalue weighted by Crippen LogP contribution is -2.12. The summed E-state index contributed by atoms with van der Waals surface area (Å²) in [7, 11) is 1.61. The maximum Gasteiger partial charge on any atom is 0.259 e. The number of halogens is 1. The van der Waals surface area contributed by atoms with Crippen LogP contribution >= 0.6 is 22.9 Å². The molecule has 0 bridgehead atoms. The highest BCUT2D eigenvalue weighted by molar-refractivity contribution is 7.18. The lowest BCUT2D eigenvalue weighted by molar-refractivity contribution is 0.102. The van der Waals surface area contributed by atoms with Crippen LogP contribution < -0.4 is 10.1 Å². The fraction of sp³-hybridized carbons (Fsp3) is 0.0667. The van der Waals surface area contributed by atoms with Crippen LogP contribution in [0.25, 0.3) is 10.6 Å². The van der Waals surface area contributed by atoms with Crippen molar-refractivity contribution in [3.63, 3.8) is 0 Å². The third-order valence-electron chi connectivity index (χ3n) is 3.00. The molecule has 8 heteroatoms. The van der Waals surface area contributed by atoms with Crippen LogP contribution in [0.15, 0.2) is 42.7 Å². The number of rotatable bonds is 4. The average Bonchev–Trinajstić information content (AvgIpc) is 3.03. The zero-order valence-electron chi connectivity index (χ0n) is 12.0. The molecule has 0 spiro atoms. The van der Waals surface area contributed by atoms with E-state index in [1.807, 2.05) is 24.3 Å². The smallest absolute Gasteiger partial charge is 0.259 e. The molecule has 6 nitrogen and oxygen atoms in total. The number of nitrogens with zero attached hydrogens (tertiary/aromatic N) is 3. The number of aromatic nitrogens is 3. The van der Waals surface area contributed by atoms with Crippen LogP contribution in [0.5, 0.6) is 5.75 Å². The van der Waals surface area contributed by atoms with E-state index in [4.69, 9.17) is 16.3 Å². The number of carbonyl (C=O) groups is 1. The first kappa shape index (κ1) is 15.4. The molecule has 0 aliphatic rings. The molecule has 0 aliphatic heterocycles. The summed E-state index contributed by atoms with van der Waals surface area (Å²) in [5.41, 5.74) is 1.23. The lowest BCUT2D eigenvalue weighted by Gasteiger charge is -2.02. The first-order valence-electron chi connectivity index (χ1n) is 6.56. The van der Waals surface area contributed by atoms with E-state index in [9.17, 15) is 4.79 Å². The van der Waals surface area contributed by atoms with Gasteiger partial charge in [-0.05, 0) is 30.3 Å². The molecule has 0 fully saturated rings. The van der Waals surface area contributed by atoms with Crippen molar-refractivity contribution in [3.05, 3.63) is 53.3 Å². The molecule has 3 aromatic rings. The largest absolute Gasteiger partial charge is 0.497 e. The number of anilines is 1. The van der Waals surface area contributed by atoms with Gasteiger partial charge in [0.1, 0.15) is 10.8 Å². The molecule has 0 atom stereocenters. The maximum absolute atomic E-state index is 12.2. The summed E-state index contributed by atoms with van der Waals surface area (Å²) in [4.78, 5) is 16.0. The van der Waals surface area contributed by atoms with Gasteiger partial charge in [0, 0.05) is 18.0 Å². The van der Waals surface area contributed by atoms with Crippen molar-refractivity contribution >= 4 is 34.0 Å². The van der Waals surface area contributed by atoms with Crippen LogP contribution in [-0.4, -0.2) is 28.2 Å². The Morgan fingerprint density at radius 2 is 2.00 bits per heavy atom. The van der Waals surface area contributed by atoms with Crippen molar-refractivity contribution in [3.8, 4) is 16.3 Å². The van der Waals surface area contributed by atoms with E-state index < -0.39 is 0 Å². The van der Waals surface area contributed by atoms with Crippen molar-refractivity contribution in [2.45, 2.75) is 0 Å². The van der Waals surface area contributed by atoms with Gasteiger partial charge in [-0.25, -0.2) is 0 Å². The molecule has 2 aromatic heterocycles. The number of hydrogen-bond donors (Lipinski definition) is 1. The number of ether oxygens (including phenoxy) is 1. The SMILES string of the molecule is COc1ccc(-c2nnc(NC(=O)c3ccncc3Cl)s2)cc1. The first-order valence-corrected chi connectivity index (χ1v) is 7.75. The Labute approximate surface area is 141 Å². The molecule has 0 saturated carbocycles. The topological polar surface area (TPSA) is 77.0 Å².